The van der Waals surface area contributed by atoms with Gasteiger partial charge in [0.15, 0.2) is 5.13 Å². The molecule has 1 saturated heterocycles. The molecule has 2 amide bonds. The first-order valence-electron chi connectivity index (χ1n) is 7.25. The Bertz CT molecular complexity index is 555. The van der Waals surface area contributed by atoms with Crippen molar-refractivity contribution in [3.8, 4) is 0 Å². The van der Waals surface area contributed by atoms with Gasteiger partial charge in [-0.25, -0.2) is 4.98 Å². The van der Waals surface area contributed by atoms with Crippen LogP contribution in [0.25, 0.3) is 0 Å². The standard InChI is InChI=1S/C13H19N5O2S/c14-10-9(21-13(18-10)16-7-3-1-4-7)12(20)17-8-5-2-6-15-11(8)19/h7-8H,1-6,14H2,(H,15,19)(H,16,18)(H,17,20). The maximum absolute atomic E-state index is 12.2. The molecule has 3 rings (SSSR count). The number of aromatic nitrogens is 1. The van der Waals surface area contributed by atoms with Gasteiger partial charge in [-0.3, -0.25) is 9.59 Å². The summed E-state index contributed by atoms with van der Waals surface area (Å²) in [6.07, 6.45) is 5.00. The molecule has 0 spiro atoms. The first kappa shape index (κ1) is 14.1. The second kappa shape index (κ2) is 5.88. The largest absolute Gasteiger partial charge is 0.382 e. The van der Waals surface area contributed by atoms with Crippen molar-refractivity contribution >= 4 is 34.1 Å². The summed E-state index contributed by atoms with van der Waals surface area (Å²) < 4.78 is 0. The molecule has 1 atom stereocenters. The van der Waals surface area contributed by atoms with E-state index in [0.717, 1.165) is 19.3 Å². The monoisotopic (exact) mass is 309 g/mol. The Morgan fingerprint density at radius 2 is 2.14 bits per heavy atom. The Morgan fingerprint density at radius 1 is 1.33 bits per heavy atom. The van der Waals surface area contributed by atoms with Gasteiger partial charge >= 0.3 is 0 Å². The number of hydrogen-bond donors (Lipinski definition) is 4. The zero-order chi connectivity index (χ0) is 14.8. The van der Waals surface area contributed by atoms with Gasteiger partial charge in [0.25, 0.3) is 5.91 Å². The van der Waals surface area contributed by atoms with Crippen LogP contribution >= 0.6 is 11.3 Å². The quantitative estimate of drug-likeness (QED) is 0.654. The number of rotatable bonds is 4. The van der Waals surface area contributed by atoms with Crippen LogP contribution in [0.3, 0.4) is 0 Å². The third-order valence-electron chi connectivity index (χ3n) is 3.88. The molecule has 2 aliphatic rings. The second-order valence-corrected chi connectivity index (χ2v) is 6.46. The van der Waals surface area contributed by atoms with E-state index in [9.17, 15) is 9.59 Å². The van der Waals surface area contributed by atoms with Gasteiger partial charge in [0.2, 0.25) is 5.91 Å². The lowest BCUT2D eigenvalue weighted by Gasteiger charge is -2.25. The Morgan fingerprint density at radius 3 is 2.81 bits per heavy atom. The highest BCUT2D eigenvalue weighted by molar-refractivity contribution is 7.18. The zero-order valence-electron chi connectivity index (χ0n) is 11.6. The zero-order valence-corrected chi connectivity index (χ0v) is 12.5. The van der Waals surface area contributed by atoms with Crippen molar-refractivity contribution in [1.29, 1.82) is 0 Å². The number of hydrogen-bond acceptors (Lipinski definition) is 6. The number of nitrogens with two attached hydrogens (primary N) is 1. The minimum absolute atomic E-state index is 0.134. The van der Waals surface area contributed by atoms with E-state index < -0.39 is 6.04 Å². The molecule has 21 heavy (non-hydrogen) atoms. The van der Waals surface area contributed by atoms with Crippen LogP contribution < -0.4 is 21.7 Å². The SMILES string of the molecule is Nc1nc(NC2CCC2)sc1C(=O)NC1CCCNC1=O. The number of carbonyl (C=O) groups excluding carboxylic acids is 2. The molecule has 1 unspecified atom stereocenters. The van der Waals surface area contributed by atoms with Gasteiger partial charge in [0, 0.05) is 12.6 Å². The van der Waals surface area contributed by atoms with E-state index in [1.54, 1.807) is 0 Å². The summed E-state index contributed by atoms with van der Waals surface area (Å²) in [6, 6.07) is -0.0358. The molecule has 8 heteroatoms. The van der Waals surface area contributed by atoms with Gasteiger partial charge in [-0.2, -0.15) is 0 Å². The molecular formula is C13H19N5O2S. The highest BCUT2D eigenvalue weighted by Gasteiger charge is 2.27. The van der Waals surface area contributed by atoms with Gasteiger partial charge < -0.3 is 21.7 Å². The summed E-state index contributed by atoms with van der Waals surface area (Å²) >= 11 is 1.24. The summed E-state index contributed by atoms with van der Waals surface area (Å²) in [6.45, 7) is 0.670. The lowest BCUT2D eigenvalue weighted by Crippen LogP contribution is -2.50. The van der Waals surface area contributed by atoms with E-state index in [-0.39, 0.29) is 17.6 Å². The predicted octanol–water partition coefficient (Wildman–Crippen LogP) is 0.698. The number of anilines is 2. The first-order valence-corrected chi connectivity index (χ1v) is 8.06. The summed E-state index contributed by atoms with van der Waals surface area (Å²) in [5.74, 6) is -0.241. The van der Waals surface area contributed by atoms with Crippen LogP contribution in [0.5, 0.6) is 0 Å². The molecule has 1 aromatic rings. The molecule has 1 saturated carbocycles. The van der Waals surface area contributed by atoms with E-state index >= 15 is 0 Å². The minimum atomic E-state index is -0.476. The average Bonchev–Trinajstić information content (AvgIpc) is 2.78. The fraction of sp³-hybridized carbons (Fsp3) is 0.615. The maximum Gasteiger partial charge on any atom is 0.265 e. The van der Waals surface area contributed by atoms with Crippen LogP contribution in [0.1, 0.15) is 41.8 Å². The van der Waals surface area contributed by atoms with Gasteiger partial charge in [0.05, 0.1) is 0 Å². The van der Waals surface area contributed by atoms with Gasteiger partial charge in [-0.05, 0) is 32.1 Å². The summed E-state index contributed by atoms with van der Waals surface area (Å²) in [4.78, 5) is 28.5. The number of nitrogens with one attached hydrogen (secondary N) is 3. The number of thiazole rings is 1. The van der Waals surface area contributed by atoms with Crippen LogP contribution in [0.15, 0.2) is 0 Å². The lowest BCUT2D eigenvalue weighted by atomic mass is 9.93. The Hall–Kier alpha value is -1.83. The van der Waals surface area contributed by atoms with E-state index in [4.69, 9.17) is 5.73 Å². The number of carbonyl (C=O) groups is 2. The highest BCUT2D eigenvalue weighted by Crippen LogP contribution is 2.29. The number of nitrogens with zero attached hydrogens (tertiary/aromatic N) is 1. The molecule has 2 heterocycles. The van der Waals surface area contributed by atoms with Crippen molar-refractivity contribution in [2.75, 3.05) is 17.6 Å². The smallest absolute Gasteiger partial charge is 0.265 e. The van der Waals surface area contributed by atoms with Crippen molar-refractivity contribution < 1.29 is 9.59 Å². The molecule has 1 aliphatic heterocycles. The molecular weight excluding hydrogens is 290 g/mol. The summed E-state index contributed by atoms with van der Waals surface area (Å²) in [5, 5.41) is 9.42. The third-order valence-corrected chi connectivity index (χ3v) is 4.88. The normalized spacial score (nSPS) is 22.3. The second-order valence-electron chi connectivity index (χ2n) is 5.46. The first-order chi connectivity index (χ1) is 10.1. The Balaban J connectivity index is 1.64. The number of amides is 2. The van der Waals surface area contributed by atoms with Crippen molar-refractivity contribution in [1.82, 2.24) is 15.6 Å². The van der Waals surface area contributed by atoms with E-state index in [0.29, 0.717) is 29.0 Å². The fourth-order valence-corrected chi connectivity index (χ4v) is 3.28. The molecule has 114 valence electrons. The lowest BCUT2D eigenvalue weighted by molar-refractivity contribution is -0.124. The highest BCUT2D eigenvalue weighted by atomic mass is 32.1. The van der Waals surface area contributed by atoms with E-state index in [2.05, 4.69) is 20.9 Å². The predicted molar refractivity (Wildman–Crippen MR) is 81.3 cm³/mol. The number of piperidine rings is 1. The van der Waals surface area contributed by atoms with Crippen LogP contribution in [0, 0.1) is 0 Å². The van der Waals surface area contributed by atoms with Gasteiger partial charge in [-0.15, -0.1) is 0 Å². The Kier molecular flexibility index (Phi) is 3.96. The van der Waals surface area contributed by atoms with Crippen LogP contribution in [0.2, 0.25) is 0 Å². The molecule has 1 aliphatic carbocycles. The van der Waals surface area contributed by atoms with Gasteiger partial charge in [-0.1, -0.05) is 11.3 Å². The molecule has 0 radical (unpaired) electrons. The third kappa shape index (κ3) is 3.10. The van der Waals surface area contributed by atoms with Crippen molar-refractivity contribution in [2.45, 2.75) is 44.2 Å². The molecule has 0 bridgehead atoms. The summed E-state index contributed by atoms with van der Waals surface area (Å²) in [5.41, 5.74) is 5.82. The fourth-order valence-electron chi connectivity index (χ4n) is 2.42. The maximum atomic E-state index is 12.2. The topological polar surface area (TPSA) is 109 Å². The van der Waals surface area contributed by atoms with Crippen molar-refractivity contribution in [3.63, 3.8) is 0 Å². The molecule has 0 aromatic carbocycles. The minimum Gasteiger partial charge on any atom is -0.382 e. The molecule has 2 fully saturated rings. The summed E-state index contributed by atoms with van der Waals surface area (Å²) in [7, 11) is 0. The average molecular weight is 309 g/mol. The van der Waals surface area contributed by atoms with E-state index in [1.807, 2.05) is 0 Å². The molecule has 5 N–H and O–H groups in total. The molecule has 1 aromatic heterocycles. The molecule has 7 nitrogen and oxygen atoms in total. The van der Waals surface area contributed by atoms with Gasteiger partial charge in [0.1, 0.15) is 16.7 Å². The Labute approximate surface area is 126 Å². The van der Waals surface area contributed by atoms with Crippen molar-refractivity contribution in [3.05, 3.63) is 4.88 Å². The van der Waals surface area contributed by atoms with Crippen LogP contribution in [-0.4, -0.2) is 35.4 Å². The van der Waals surface area contributed by atoms with Crippen LogP contribution in [0.4, 0.5) is 10.9 Å². The van der Waals surface area contributed by atoms with Crippen molar-refractivity contribution in [2.24, 2.45) is 0 Å². The van der Waals surface area contributed by atoms with Crippen LogP contribution in [-0.2, 0) is 4.79 Å². The van der Waals surface area contributed by atoms with E-state index in [1.165, 1.54) is 17.8 Å². The number of nitrogen functional groups attached to an aromatic ring is 1.